The number of morpholine rings is 1. The molecule has 17 heavy (non-hydrogen) atoms. The van der Waals surface area contributed by atoms with Crippen LogP contribution in [0.25, 0.3) is 0 Å². The summed E-state index contributed by atoms with van der Waals surface area (Å²) in [7, 11) is 1.57. The second-order valence-corrected chi connectivity index (χ2v) is 4.13. The summed E-state index contributed by atoms with van der Waals surface area (Å²) in [5, 5.41) is 14.9. The number of nitrogens with one attached hydrogen (secondary N) is 2. The van der Waals surface area contributed by atoms with E-state index >= 15 is 0 Å². The van der Waals surface area contributed by atoms with Crippen LogP contribution in [-0.2, 0) is 14.3 Å². The topological polar surface area (TPSA) is 79.8 Å². The molecule has 0 aromatic heterocycles. The largest absolute Gasteiger partial charge is 0.396 e. The second-order valence-electron chi connectivity index (χ2n) is 4.13. The lowest BCUT2D eigenvalue weighted by molar-refractivity contribution is -0.125. The van der Waals surface area contributed by atoms with Crippen LogP contribution in [0.2, 0.25) is 0 Å². The van der Waals surface area contributed by atoms with Crippen LogP contribution in [0.1, 0.15) is 12.8 Å². The highest BCUT2D eigenvalue weighted by atomic mass is 16.5. The Kier molecular flexibility index (Phi) is 7.11. The highest BCUT2D eigenvalue weighted by Crippen LogP contribution is 2.02. The van der Waals surface area contributed by atoms with E-state index in [9.17, 15) is 4.79 Å². The van der Waals surface area contributed by atoms with Crippen molar-refractivity contribution < 1.29 is 19.4 Å². The summed E-state index contributed by atoms with van der Waals surface area (Å²) >= 11 is 0. The number of aliphatic hydroxyl groups is 1. The van der Waals surface area contributed by atoms with Gasteiger partial charge in [0.2, 0.25) is 5.91 Å². The number of rotatable bonds is 7. The average Bonchev–Trinajstić information content (AvgIpc) is 2.30. The van der Waals surface area contributed by atoms with E-state index in [0.29, 0.717) is 32.6 Å². The Balaban J connectivity index is 2.25. The number of methoxy groups -OCH3 is 1. The zero-order valence-corrected chi connectivity index (χ0v) is 10.3. The third-order valence-electron chi connectivity index (χ3n) is 2.63. The molecular weight excluding hydrogens is 224 g/mol. The van der Waals surface area contributed by atoms with Crippen molar-refractivity contribution in [3.8, 4) is 0 Å². The van der Waals surface area contributed by atoms with Crippen molar-refractivity contribution >= 4 is 5.91 Å². The molecule has 1 fully saturated rings. The Bertz CT molecular complexity index is 214. The predicted octanol–water partition coefficient (Wildman–Crippen LogP) is -1.12. The number of hydrogen-bond acceptors (Lipinski definition) is 5. The lowest BCUT2D eigenvalue weighted by atomic mass is 10.2. The highest BCUT2D eigenvalue weighted by Gasteiger charge is 2.19. The summed E-state index contributed by atoms with van der Waals surface area (Å²) in [6, 6.07) is -0.131. The maximum absolute atomic E-state index is 11.7. The molecule has 100 valence electrons. The fraction of sp³-hybridized carbons (Fsp3) is 0.909. The number of ether oxygens (including phenoxy) is 2. The molecule has 0 spiro atoms. The van der Waals surface area contributed by atoms with Crippen LogP contribution in [-0.4, -0.2) is 63.2 Å². The zero-order chi connectivity index (χ0) is 12.5. The summed E-state index contributed by atoms with van der Waals surface area (Å²) in [4.78, 5) is 11.7. The molecule has 0 saturated carbocycles. The third-order valence-corrected chi connectivity index (χ3v) is 2.63. The smallest absolute Gasteiger partial charge is 0.222 e. The molecule has 2 unspecified atom stereocenters. The molecule has 2 atom stereocenters. The fourth-order valence-corrected chi connectivity index (χ4v) is 1.80. The maximum Gasteiger partial charge on any atom is 0.222 e. The van der Waals surface area contributed by atoms with Crippen LogP contribution in [0, 0.1) is 0 Å². The molecule has 1 rings (SSSR count). The van der Waals surface area contributed by atoms with Gasteiger partial charge in [-0.15, -0.1) is 0 Å². The average molecular weight is 246 g/mol. The van der Waals surface area contributed by atoms with Crippen molar-refractivity contribution in [1.29, 1.82) is 0 Å². The van der Waals surface area contributed by atoms with Crippen LogP contribution in [0.3, 0.4) is 0 Å². The molecule has 6 heteroatoms. The molecule has 3 N–H and O–H groups in total. The van der Waals surface area contributed by atoms with E-state index < -0.39 is 0 Å². The number of carbonyl (C=O) groups is 1. The molecule has 1 heterocycles. The first-order chi connectivity index (χ1) is 8.26. The quantitative estimate of drug-likeness (QED) is 0.530. The monoisotopic (exact) mass is 246 g/mol. The minimum Gasteiger partial charge on any atom is -0.396 e. The normalized spacial score (nSPS) is 22.1. The van der Waals surface area contributed by atoms with Gasteiger partial charge in [-0.3, -0.25) is 4.79 Å². The Labute approximate surface area is 102 Å². The summed E-state index contributed by atoms with van der Waals surface area (Å²) in [5.74, 6) is -0.0609. The van der Waals surface area contributed by atoms with Crippen molar-refractivity contribution in [1.82, 2.24) is 10.6 Å². The van der Waals surface area contributed by atoms with Gasteiger partial charge in [-0.1, -0.05) is 0 Å². The molecule has 0 bridgehead atoms. The van der Waals surface area contributed by atoms with Gasteiger partial charge in [-0.2, -0.15) is 0 Å². The van der Waals surface area contributed by atoms with Crippen LogP contribution < -0.4 is 10.6 Å². The molecule has 1 aliphatic heterocycles. The lowest BCUT2D eigenvalue weighted by Crippen LogP contribution is -2.44. The van der Waals surface area contributed by atoms with Crippen molar-refractivity contribution in [2.45, 2.75) is 25.0 Å². The Morgan fingerprint density at radius 2 is 2.53 bits per heavy atom. The standard InChI is InChI=1S/C11H22N2O4/c1-16-8-9(2-4-14)13-11(15)6-10-7-12-3-5-17-10/h9-10,12,14H,2-8H2,1H3,(H,13,15). The van der Waals surface area contributed by atoms with Crippen molar-refractivity contribution in [2.24, 2.45) is 0 Å². The SMILES string of the molecule is COCC(CCO)NC(=O)CC1CNCCO1. The number of carbonyl (C=O) groups excluding carboxylic acids is 1. The molecule has 0 aliphatic carbocycles. The van der Waals surface area contributed by atoms with E-state index in [2.05, 4.69) is 10.6 Å². The molecule has 6 nitrogen and oxygen atoms in total. The molecule has 1 aliphatic rings. The van der Waals surface area contributed by atoms with E-state index in [0.717, 1.165) is 6.54 Å². The minimum atomic E-state index is -0.131. The first-order valence-corrected chi connectivity index (χ1v) is 5.97. The molecule has 1 saturated heterocycles. The Morgan fingerprint density at radius 3 is 3.12 bits per heavy atom. The van der Waals surface area contributed by atoms with E-state index in [1.54, 1.807) is 7.11 Å². The van der Waals surface area contributed by atoms with Crippen LogP contribution in [0.5, 0.6) is 0 Å². The van der Waals surface area contributed by atoms with Gasteiger partial charge >= 0.3 is 0 Å². The van der Waals surface area contributed by atoms with Gasteiger partial charge in [0.05, 0.1) is 31.8 Å². The minimum absolute atomic E-state index is 0.0375. The van der Waals surface area contributed by atoms with Gasteiger partial charge in [-0.05, 0) is 6.42 Å². The van der Waals surface area contributed by atoms with Gasteiger partial charge in [0.25, 0.3) is 0 Å². The molecule has 1 amide bonds. The predicted molar refractivity (Wildman–Crippen MR) is 62.7 cm³/mol. The summed E-state index contributed by atoms with van der Waals surface area (Å²) in [5.41, 5.74) is 0. The van der Waals surface area contributed by atoms with Crippen LogP contribution >= 0.6 is 0 Å². The first-order valence-electron chi connectivity index (χ1n) is 5.97. The van der Waals surface area contributed by atoms with E-state index in [-0.39, 0.29) is 24.7 Å². The van der Waals surface area contributed by atoms with Crippen LogP contribution in [0.4, 0.5) is 0 Å². The van der Waals surface area contributed by atoms with E-state index in [1.165, 1.54) is 0 Å². The van der Waals surface area contributed by atoms with E-state index in [1.807, 2.05) is 0 Å². The summed E-state index contributed by atoms with van der Waals surface area (Å²) in [6.45, 7) is 2.65. The van der Waals surface area contributed by atoms with Gasteiger partial charge in [-0.25, -0.2) is 0 Å². The number of hydrogen-bond donors (Lipinski definition) is 3. The highest BCUT2D eigenvalue weighted by molar-refractivity contribution is 5.76. The van der Waals surface area contributed by atoms with Crippen LogP contribution in [0.15, 0.2) is 0 Å². The number of aliphatic hydroxyl groups excluding tert-OH is 1. The summed E-state index contributed by atoms with van der Waals surface area (Å²) < 4.78 is 10.4. The van der Waals surface area contributed by atoms with Gasteiger partial charge < -0.3 is 25.2 Å². The molecule has 0 aromatic carbocycles. The van der Waals surface area contributed by atoms with Crippen molar-refractivity contribution in [3.63, 3.8) is 0 Å². The summed E-state index contributed by atoms with van der Waals surface area (Å²) in [6.07, 6.45) is 0.795. The Hall–Kier alpha value is -0.690. The van der Waals surface area contributed by atoms with Crippen molar-refractivity contribution in [3.05, 3.63) is 0 Å². The van der Waals surface area contributed by atoms with Crippen molar-refractivity contribution in [2.75, 3.05) is 40.0 Å². The second kappa shape index (κ2) is 8.41. The lowest BCUT2D eigenvalue weighted by Gasteiger charge is -2.24. The Morgan fingerprint density at radius 1 is 1.71 bits per heavy atom. The first kappa shape index (κ1) is 14.4. The third kappa shape index (κ3) is 5.97. The van der Waals surface area contributed by atoms with Gasteiger partial charge in [0, 0.05) is 26.8 Å². The zero-order valence-electron chi connectivity index (χ0n) is 10.3. The molecule has 0 radical (unpaired) electrons. The molecular formula is C11H22N2O4. The maximum atomic E-state index is 11.7. The number of amides is 1. The van der Waals surface area contributed by atoms with Gasteiger partial charge in [0.1, 0.15) is 0 Å². The van der Waals surface area contributed by atoms with Gasteiger partial charge in [0.15, 0.2) is 0 Å². The molecule has 0 aromatic rings. The fourth-order valence-electron chi connectivity index (χ4n) is 1.80. The van der Waals surface area contributed by atoms with E-state index in [4.69, 9.17) is 14.6 Å².